The van der Waals surface area contributed by atoms with E-state index in [-0.39, 0.29) is 0 Å². The molecule has 2 N–H and O–H groups in total. The summed E-state index contributed by atoms with van der Waals surface area (Å²) < 4.78 is 10.4. The summed E-state index contributed by atoms with van der Waals surface area (Å²) in [5.41, 5.74) is 9.16. The van der Waals surface area contributed by atoms with Gasteiger partial charge in [-0.1, -0.05) is 61.5 Å². The first kappa shape index (κ1) is 20.5. The number of methoxy groups -OCH3 is 2. The first-order chi connectivity index (χ1) is 13.2. The van der Waals surface area contributed by atoms with Gasteiger partial charge in [0.15, 0.2) is 0 Å². The summed E-state index contributed by atoms with van der Waals surface area (Å²) in [5, 5.41) is 0. The molecule has 3 heteroatoms. The fourth-order valence-electron chi connectivity index (χ4n) is 2.95. The average molecular weight is 364 g/mol. The molecule has 3 rings (SSSR count). The van der Waals surface area contributed by atoms with Crippen LogP contribution in [0.2, 0.25) is 0 Å². The van der Waals surface area contributed by atoms with E-state index in [4.69, 9.17) is 15.2 Å². The summed E-state index contributed by atoms with van der Waals surface area (Å²) in [6.07, 6.45) is 1.07. The Morgan fingerprint density at radius 3 is 1.44 bits per heavy atom. The van der Waals surface area contributed by atoms with Crippen molar-refractivity contribution in [3.8, 4) is 11.5 Å². The Kier molecular flexibility index (Phi) is 8.40. The second-order valence-electron chi connectivity index (χ2n) is 6.20. The third-order valence-electron chi connectivity index (χ3n) is 4.52. The first-order valence-corrected chi connectivity index (χ1v) is 9.23. The van der Waals surface area contributed by atoms with Gasteiger partial charge < -0.3 is 15.2 Å². The van der Waals surface area contributed by atoms with Gasteiger partial charge in [-0.15, -0.1) is 0 Å². The van der Waals surface area contributed by atoms with Crippen molar-refractivity contribution in [2.45, 2.75) is 25.8 Å². The molecule has 3 aromatic carbocycles. The maximum Gasteiger partial charge on any atom is 0.118 e. The van der Waals surface area contributed by atoms with Crippen LogP contribution in [0, 0.1) is 0 Å². The molecule has 0 spiro atoms. The summed E-state index contributed by atoms with van der Waals surface area (Å²) in [6, 6.07) is 26.6. The molecule has 0 saturated carbocycles. The van der Waals surface area contributed by atoms with Crippen LogP contribution in [-0.4, -0.2) is 14.2 Å². The molecule has 3 nitrogen and oxygen atoms in total. The third kappa shape index (κ3) is 6.15. The quantitative estimate of drug-likeness (QED) is 0.638. The number of hydrogen-bond donors (Lipinski definition) is 1. The van der Waals surface area contributed by atoms with Crippen LogP contribution < -0.4 is 15.2 Å². The first-order valence-electron chi connectivity index (χ1n) is 9.23. The van der Waals surface area contributed by atoms with Crippen LogP contribution >= 0.6 is 0 Å². The van der Waals surface area contributed by atoms with Crippen molar-refractivity contribution in [2.75, 3.05) is 14.2 Å². The standard InChI is InChI=1S/C17H20O2.C7H9N/c1-4-17(13-5-9-15(18-2)10-6-13)14-7-11-16(19-3)12-8-14;8-6-7-4-2-1-3-5-7/h5-12,17H,4H2,1-3H3;1-5H,6,8H2. The molecule has 0 aromatic heterocycles. The van der Waals surface area contributed by atoms with E-state index in [1.54, 1.807) is 14.2 Å². The molecule has 0 atom stereocenters. The van der Waals surface area contributed by atoms with Crippen molar-refractivity contribution in [1.82, 2.24) is 0 Å². The number of rotatable bonds is 6. The van der Waals surface area contributed by atoms with Crippen molar-refractivity contribution in [2.24, 2.45) is 5.73 Å². The molecule has 0 heterocycles. The Morgan fingerprint density at radius 2 is 1.15 bits per heavy atom. The van der Waals surface area contributed by atoms with Gasteiger partial charge in [-0.25, -0.2) is 0 Å². The van der Waals surface area contributed by atoms with Gasteiger partial charge in [0, 0.05) is 12.5 Å². The molecule has 142 valence electrons. The SMILES string of the molecule is CCC(c1ccc(OC)cc1)c1ccc(OC)cc1.NCc1ccccc1. The fourth-order valence-corrected chi connectivity index (χ4v) is 2.95. The van der Waals surface area contributed by atoms with Crippen LogP contribution in [0.3, 0.4) is 0 Å². The second-order valence-corrected chi connectivity index (χ2v) is 6.20. The maximum atomic E-state index is 5.35. The Labute approximate surface area is 162 Å². The summed E-state index contributed by atoms with van der Waals surface area (Å²) in [5.74, 6) is 2.21. The second kappa shape index (κ2) is 11.0. The van der Waals surface area contributed by atoms with Gasteiger partial charge in [-0.3, -0.25) is 0 Å². The molecular formula is C24H29NO2. The van der Waals surface area contributed by atoms with Gasteiger partial charge in [0.1, 0.15) is 11.5 Å². The highest BCUT2D eigenvalue weighted by atomic mass is 16.5. The lowest BCUT2D eigenvalue weighted by molar-refractivity contribution is 0.414. The predicted molar refractivity (Wildman–Crippen MR) is 112 cm³/mol. The summed E-state index contributed by atoms with van der Waals surface area (Å²) in [4.78, 5) is 0. The van der Waals surface area contributed by atoms with Gasteiger partial charge in [-0.2, -0.15) is 0 Å². The zero-order chi connectivity index (χ0) is 19.5. The summed E-state index contributed by atoms with van der Waals surface area (Å²) in [6.45, 7) is 2.85. The van der Waals surface area contributed by atoms with Gasteiger partial charge >= 0.3 is 0 Å². The minimum absolute atomic E-state index is 0.414. The Morgan fingerprint density at radius 1 is 0.704 bits per heavy atom. The lowest BCUT2D eigenvalue weighted by Gasteiger charge is -2.16. The normalized spacial score (nSPS) is 10.1. The van der Waals surface area contributed by atoms with Crippen molar-refractivity contribution in [3.63, 3.8) is 0 Å². The lowest BCUT2D eigenvalue weighted by atomic mass is 9.89. The molecule has 0 radical (unpaired) electrons. The molecule has 0 aliphatic heterocycles. The topological polar surface area (TPSA) is 44.5 Å². The van der Waals surface area contributed by atoms with Crippen molar-refractivity contribution in [3.05, 3.63) is 95.6 Å². The third-order valence-corrected chi connectivity index (χ3v) is 4.52. The van der Waals surface area contributed by atoms with E-state index >= 15 is 0 Å². The fraction of sp³-hybridized carbons (Fsp3) is 0.250. The van der Waals surface area contributed by atoms with Gasteiger partial charge in [0.2, 0.25) is 0 Å². The molecule has 27 heavy (non-hydrogen) atoms. The number of hydrogen-bond acceptors (Lipinski definition) is 3. The molecule has 0 fully saturated rings. The number of ether oxygens (including phenoxy) is 2. The number of nitrogens with two attached hydrogens (primary N) is 1. The zero-order valence-corrected chi connectivity index (χ0v) is 16.4. The highest BCUT2D eigenvalue weighted by Crippen LogP contribution is 2.30. The van der Waals surface area contributed by atoms with E-state index in [2.05, 4.69) is 31.2 Å². The van der Waals surface area contributed by atoms with Crippen LogP contribution in [0.5, 0.6) is 11.5 Å². The van der Waals surface area contributed by atoms with Crippen LogP contribution in [-0.2, 0) is 6.54 Å². The molecular weight excluding hydrogens is 334 g/mol. The minimum Gasteiger partial charge on any atom is -0.497 e. The van der Waals surface area contributed by atoms with Crippen LogP contribution in [0.15, 0.2) is 78.9 Å². The lowest BCUT2D eigenvalue weighted by Crippen LogP contribution is -1.99. The monoisotopic (exact) mass is 363 g/mol. The van der Waals surface area contributed by atoms with Crippen molar-refractivity contribution >= 4 is 0 Å². The minimum atomic E-state index is 0.414. The molecule has 0 saturated heterocycles. The zero-order valence-electron chi connectivity index (χ0n) is 16.4. The van der Waals surface area contributed by atoms with Crippen LogP contribution in [0.25, 0.3) is 0 Å². The molecule has 0 aliphatic rings. The van der Waals surface area contributed by atoms with Crippen LogP contribution in [0.1, 0.15) is 36.0 Å². The van der Waals surface area contributed by atoms with E-state index in [0.29, 0.717) is 12.5 Å². The molecule has 3 aromatic rings. The molecule has 0 unspecified atom stereocenters. The summed E-state index contributed by atoms with van der Waals surface area (Å²) >= 11 is 0. The Bertz CT molecular complexity index is 720. The number of benzene rings is 3. The Balaban J connectivity index is 0.000000273. The van der Waals surface area contributed by atoms with E-state index in [9.17, 15) is 0 Å². The van der Waals surface area contributed by atoms with E-state index < -0.39 is 0 Å². The largest absolute Gasteiger partial charge is 0.497 e. The van der Waals surface area contributed by atoms with E-state index in [1.807, 2.05) is 54.6 Å². The molecule has 0 amide bonds. The average Bonchev–Trinajstić information content (AvgIpc) is 2.76. The van der Waals surface area contributed by atoms with Gasteiger partial charge in [-0.05, 0) is 47.4 Å². The smallest absolute Gasteiger partial charge is 0.118 e. The van der Waals surface area contributed by atoms with E-state index in [1.165, 1.54) is 16.7 Å². The van der Waals surface area contributed by atoms with Gasteiger partial charge in [0.25, 0.3) is 0 Å². The predicted octanol–water partition coefficient (Wildman–Crippen LogP) is 5.39. The van der Waals surface area contributed by atoms with Crippen LogP contribution in [0.4, 0.5) is 0 Å². The maximum absolute atomic E-state index is 5.35. The summed E-state index contributed by atoms with van der Waals surface area (Å²) in [7, 11) is 3.38. The van der Waals surface area contributed by atoms with Crippen molar-refractivity contribution in [1.29, 1.82) is 0 Å². The highest BCUT2D eigenvalue weighted by Gasteiger charge is 2.12. The van der Waals surface area contributed by atoms with E-state index in [0.717, 1.165) is 17.9 Å². The highest BCUT2D eigenvalue weighted by molar-refractivity contribution is 5.38. The molecule has 0 aliphatic carbocycles. The van der Waals surface area contributed by atoms with Crippen molar-refractivity contribution < 1.29 is 9.47 Å². The Hall–Kier alpha value is -2.78. The molecule has 0 bridgehead atoms. The van der Waals surface area contributed by atoms with Gasteiger partial charge in [0.05, 0.1) is 14.2 Å².